The van der Waals surface area contributed by atoms with Crippen LogP contribution in [0, 0.1) is 0 Å². The molecule has 0 fully saturated rings. The zero-order chi connectivity index (χ0) is 27.3. The van der Waals surface area contributed by atoms with Crippen molar-refractivity contribution in [3.8, 4) is 11.5 Å². The number of phosphoric acid groups is 1. The number of nitrogens with zero attached hydrogens (tertiary/aromatic N) is 1. The molecule has 0 aliphatic rings. The van der Waals surface area contributed by atoms with E-state index in [9.17, 15) is 14.2 Å². The summed E-state index contributed by atoms with van der Waals surface area (Å²) in [6.07, 6.45) is 10.4. The smallest absolute Gasteiger partial charge is 0.490 e. The fraction of sp³-hybridized carbons (Fsp3) is 0.600. The zero-order valence-corrected chi connectivity index (χ0v) is 22.7. The minimum absolute atomic E-state index is 0.0599. The Labute approximate surface area is 216 Å². The van der Waals surface area contributed by atoms with Crippen LogP contribution in [0.15, 0.2) is 23.1 Å². The van der Waals surface area contributed by atoms with Crippen molar-refractivity contribution in [1.82, 2.24) is 4.57 Å². The van der Waals surface area contributed by atoms with Gasteiger partial charge in [0.1, 0.15) is 5.56 Å². The van der Waals surface area contributed by atoms with E-state index in [1.54, 1.807) is 19.9 Å². The van der Waals surface area contributed by atoms with Crippen LogP contribution >= 0.6 is 7.82 Å². The molecule has 0 aliphatic carbocycles. The van der Waals surface area contributed by atoms with E-state index in [4.69, 9.17) is 24.0 Å². The highest BCUT2D eigenvalue weighted by Crippen LogP contribution is 2.36. The summed E-state index contributed by atoms with van der Waals surface area (Å²) in [5.74, 6) is -0.105. The van der Waals surface area contributed by atoms with Crippen LogP contribution in [0.4, 0.5) is 0 Å². The number of fused-ring (bicyclic) bond motifs is 1. The molecule has 0 spiro atoms. The SMILES string of the molecule is CCCCCCCCCCOc1cc2c(=O)c(C(=O)OCC)cn(COOP(=O)(O)O)c2cc1OCC. The predicted octanol–water partition coefficient (Wildman–Crippen LogP) is 5.09. The third kappa shape index (κ3) is 10.1. The number of benzene rings is 1. The summed E-state index contributed by atoms with van der Waals surface area (Å²) in [5.41, 5.74) is -0.567. The summed E-state index contributed by atoms with van der Waals surface area (Å²) >= 11 is 0. The maximum Gasteiger partial charge on any atom is 0.496 e. The summed E-state index contributed by atoms with van der Waals surface area (Å²) in [4.78, 5) is 48.0. The molecule has 0 amide bonds. The third-order valence-corrected chi connectivity index (χ3v) is 5.84. The second kappa shape index (κ2) is 15.7. The number of aromatic nitrogens is 1. The topological polar surface area (TPSA) is 143 Å². The van der Waals surface area contributed by atoms with Crippen molar-refractivity contribution in [2.24, 2.45) is 0 Å². The van der Waals surface area contributed by atoms with E-state index in [1.807, 2.05) is 0 Å². The van der Waals surface area contributed by atoms with Gasteiger partial charge in [0.25, 0.3) is 0 Å². The lowest BCUT2D eigenvalue weighted by Crippen LogP contribution is -2.21. The molecular formula is C25H38NO10P. The molecule has 37 heavy (non-hydrogen) atoms. The predicted molar refractivity (Wildman–Crippen MR) is 138 cm³/mol. The maximum atomic E-state index is 13.2. The van der Waals surface area contributed by atoms with Crippen molar-refractivity contribution in [2.75, 3.05) is 19.8 Å². The van der Waals surface area contributed by atoms with Crippen LogP contribution in [-0.4, -0.2) is 40.1 Å². The number of esters is 1. The monoisotopic (exact) mass is 543 g/mol. The molecule has 2 aromatic rings. The van der Waals surface area contributed by atoms with Crippen LogP contribution in [0.25, 0.3) is 10.9 Å². The van der Waals surface area contributed by atoms with Gasteiger partial charge >= 0.3 is 13.8 Å². The quantitative estimate of drug-likeness (QED) is 0.0857. The van der Waals surface area contributed by atoms with Crippen LogP contribution in [0.2, 0.25) is 0 Å². The fourth-order valence-corrected chi connectivity index (χ4v) is 3.99. The molecule has 2 rings (SSSR count). The van der Waals surface area contributed by atoms with Crippen LogP contribution in [-0.2, 0) is 25.6 Å². The van der Waals surface area contributed by atoms with E-state index < -0.39 is 26.0 Å². The normalized spacial score (nSPS) is 11.6. The van der Waals surface area contributed by atoms with Crippen molar-refractivity contribution in [3.05, 3.63) is 34.1 Å². The number of hydrogen-bond donors (Lipinski definition) is 2. The lowest BCUT2D eigenvalue weighted by atomic mass is 10.1. The van der Waals surface area contributed by atoms with E-state index in [1.165, 1.54) is 48.9 Å². The molecule has 0 bridgehead atoms. The molecule has 11 nitrogen and oxygen atoms in total. The average molecular weight is 544 g/mol. The van der Waals surface area contributed by atoms with E-state index in [-0.39, 0.29) is 23.1 Å². The minimum atomic E-state index is -4.90. The number of hydrogen-bond acceptors (Lipinski definition) is 8. The van der Waals surface area contributed by atoms with Gasteiger partial charge in [-0.3, -0.25) is 4.79 Å². The molecule has 0 unspecified atom stereocenters. The Balaban J connectivity index is 2.29. The molecule has 12 heteroatoms. The molecule has 0 saturated carbocycles. The Hall–Kier alpha value is -2.43. The fourth-order valence-electron chi connectivity index (χ4n) is 3.81. The highest BCUT2D eigenvalue weighted by Gasteiger charge is 2.21. The van der Waals surface area contributed by atoms with Crippen molar-refractivity contribution in [2.45, 2.75) is 78.9 Å². The van der Waals surface area contributed by atoms with E-state index in [0.717, 1.165) is 19.3 Å². The van der Waals surface area contributed by atoms with Gasteiger partial charge < -0.3 is 28.6 Å². The Morgan fingerprint density at radius 3 is 2.19 bits per heavy atom. The Morgan fingerprint density at radius 1 is 0.919 bits per heavy atom. The number of carbonyl (C=O) groups is 1. The molecule has 1 aromatic heterocycles. The molecule has 0 saturated heterocycles. The van der Waals surface area contributed by atoms with Crippen molar-refractivity contribution < 1.29 is 42.9 Å². The highest BCUT2D eigenvalue weighted by molar-refractivity contribution is 7.46. The molecule has 0 radical (unpaired) electrons. The molecule has 1 aromatic carbocycles. The van der Waals surface area contributed by atoms with Crippen LogP contribution in [0.1, 0.15) is 82.5 Å². The number of rotatable bonds is 18. The first-order valence-electron chi connectivity index (χ1n) is 12.7. The van der Waals surface area contributed by atoms with Gasteiger partial charge in [-0.15, -0.1) is 4.67 Å². The number of carbonyl (C=O) groups excluding carboxylic acids is 1. The molecule has 0 aliphatic heterocycles. The van der Waals surface area contributed by atoms with Gasteiger partial charge in [-0.25, -0.2) is 14.2 Å². The van der Waals surface area contributed by atoms with E-state index >= 15 is 0 Å². The summed E-state index contributed by atoms with van der Waals surface area (Å²) in [5, 5.41) is 0.125. The molecule has 2 N–H and O–H groups in total. The van der Waals surface area contributed by atoms with E-state index in [2.05, 4.69) is 16.5 Å². The summed E-state index contributed by atoms with van der Waals surface area (Å²) in [6, 6.07) is 3.05. The van der Waals surface area contributed by atoms with Gasteiger partial charge in [0, 0.05) is 12.3 Å². The van der Waals surface area contributed by atoms with Crippen LogP contribution in [0.5, 0.6) is 11.5 Å². The van der Waals surface area contributed by atoms with E-state index in [0.29, 0.717) is 24.7 Å². The number of pyridine rings is 1. The van der Waals surface area contributed by atoms with Gasteiger partial charge in [-0.1, -0.05) is 51.9 Å². The largest absolute Gasteiger partial charge is 0.496 e. The van der Waals surface area contributed by atoms with Crippen molar-refractivity contribution in [3.63, 3.8) is 0 Å². The van der Waals surface area contributed by atoms with Gasteiger partial charge in [0.2, 0.25) is 5.43 Å². The molecule has 0 atom stereocenters. The number of unbranched alkanes of at least 4 members (excludes halogenated alkanes) is 7. The van der Waals surface area contributed by atoms with Gasteiger partial charge in [0.05, 0.1) is 30.7 Å². The first-order chi connectivity index (χ1) is 17.7. The molecule has 1 heterocycles. The van der Waals surface area contributed by atoms with Crippen molar-refractivity contribution in [1.29, 1.82) is 0 Å². The van der Waals surface area contributed by atoms with Gasteiger partial charge in [-0.05, 0) is 26.3 Å². The van der Waals surface area contributed by atoms with Crippen molar-refractivity contribution >= 4 is 24.7 Å². The lowest BCUT2D eigenvalue weighted by molar-refractivity contribution is -0.247. The van der Waals surface area contributed by atoms with Gasteiger partial charge in [-0.2, -0.15) is 0 Å². The summed E-state index contributed by atoms with van der Waals surface area (Å²) in [7, 11) is -4.90. The minimum Gasteiger partial charge on any atom is -0.490 e. The van der Waals surface area contributed by atoms with Crippen LogP contribution in [0.3, 0.4) is 0 Å². The second-order valence-corrected chi connectivity index (χ2v) is 9.58. The zero-order valence-electron chi connectivity index (χ0n) is 21.8. The van der Waals surface area contributed by atoms with Crippen LogP contribution < -0.4 is 14.9 Å². The maximum absolute atomic E-state index is 13.2. The lowest BCUT2D eigenvalue weighted by Gasteiger charge is -2.17. The Kier molecular flexibility index (Phi) is 13.1. The first-order valence-corrected chi connectivity index (χ1v) is 14.3. The second-order valence-electron chi connectivity index (χ2n) is 8.45. The third-order valence-electron chi connectivity index (χ3n) is 5.54. The number of ether oxygens (including phenoxy) is 3. The van der Waals surface area contributed by atoms with Gasteiger partial charge in [0.15, 0.2) is 18.2 Å². The Morgan fingerprint density at radius 2 is 1.57 bits per heavy atom. The molecule has 208 valence electrons. The molecular weight excluding hydrogens is 505 g/mol. The summed E-state index contributed by atoms with van der Waals surface area (Å²) in [6.45, 7) is 5.92. The standard InChI is InChI=1S/C25H38NO10P/c1-4-7-8-9-10-11-12-13-14-34-22-15-19-21(16-23(22)32-5-2)26(18-35-36-37(29,30)31)17-20(24(19)27)25(28)33-6-3/h15-17H,4-14,18H2,1-3H3,(H2,29,30,31). The first kappa shape index (κ1) is 30.8. The summed E-state index contributed by atoms with van der Waals surface area (Å²) < 4.78 is 33.0. The Bertz CT molecular complexity index is 1110. The average Bonchev–Trinajstić information content (AvgIpc) is 2.84. The highest BCUT2D eigenvalue weighted by atomic mass is 31.2.